The van der Waals surface area contributed by atoms with Gasteiger partial charge in [0.05, 0.1) is 0 Å². The second-order valence-corrected chi connectivity index (χ2v) is 8.65. The normalized spacial score (nSPS) is 15.4. The molecule has 0 radical (unpaired) electrons. The lowest BCUT2D eigenvalue weighted by Crippen LogP contribution is -2.26. The van der Waals surface area contributed by atoms with Crippen LogP contribution in [0, 0.1) is 0 Å². The molecule has 0 saturated heterocycles. The molecule has 0 unspecified atom stereocenters. The Kier molecular flexibility index (Phi) is 7.84. The summed E-state index contributed by atoms with van der Waals surface area (Å²) in [7, 11) is 7.55. The molecule has 9 nitrogen and oxygen atoms in total. The SMILES string of the molecule is CNCCN(C)/C(C)=C/N=C(C)Nc1ncc2cc(C(=O)N(C)C)n(C3CCCC3)c2n1. The van der Waals surface area contributed by atoms with Gasteiger partial charge in [-0.25, -0.2) is 9.98 Å². The summed E-state index contributed by atoms with van der Waals surface area (Å²) in [5.41, 5.74) is 2.54. The lowest BCUT2D eigenvalue weighted by Gasteiger charge is -2.19. The number of nitrogens with zero attached hydrogens (tertiary/aromatic N) is 6. The molecule has 1 aliphatic carbocycles. The predicted molar refractivity (Wildman–Crippen MR) is 130 cm³/mol. The van der Waals surface area contributed by atoms with Crippen LogP contribution in [-0.2, 0) is 0 Å². The molecule has 1 amide bonds. The third-order valence-corrected chi connectivity index (χ3v) is 5.93. The Morgan fingerprint density at radius 2 is 2.00 bits per heavy atom. The Labute approximate surface area is 190 Å². The van der Waals surface area contributed by atoms with Gasteiger partial charge in [0.1, 0.15) is 17.2 Å². The number of carbonyl (C=O) groups is 1. The third kappa shape index (κ3) is 5.45. The fraction of sp³-hybridized carbons (Fsp3) is 0.565. The number of nitrogens with one attached hydrogen (secondary N) is 2. The first-order chi connectivity index (χ1) is 15.3. The fourth-order valence-electron chi connectivity index (χ4n) is 3.93. The molecule has 0 bridgehead atoms. The molecular weight excluding hydrogens is 404 g/mol. The minimum Gasteiger partial charge on any atom is -0.376 e. The van der Waals surface area contributed by atoms with Gasteiger partial charge in [-0.15, -0.1) is 0 Å². The topological polar surface area (TPSA) is 90.7 Å². The zero-order chi connectivity index (χ0) is 23.3. The Morgan fingerprint density at radius 1 is 1.28 bits per heavy atom. The Balaban J connectivity index is 1.87. The van der Waals surface area contributed by atoms with E-state index in [0.717, 1.165) is 42.7 Å². The summed E-state index contributed by atoms with van der Waals surface area (Å²) in [5, 5.41) is 7.22. The Bertz CT molecular complexity index is 1000. The van der Waals surface area contributed by atoms with Gasteiger partial charge >= 0.3 is 0 Å². The first kappa shape index (κ1) is 23.7. The second kappa shape index (κ2) is 10.6. The predicted octanol–water partition coefficient (Wildman–Crippen LogP) is 3.09. The van der Waals surface area contributed by atoms with Crippen molar-refractivity contribution >= 4 is 28.7 Å². The number of hydrogen-bond donors (Lipinski definition) is 2. The van der Waals surface area contributed by atoms with Crippen LogP contribution in [0.2, 0.25) is 0 Å². The molecule has 1 saturated carbocycles. The summed E-state index contributed by atoms with van der Waals surface area (Å²) < 4.78 is 2.12. The van der Waals surface area contributed by atoms with Crippen LogP contribution in [0.15, 0.2) is 29.2 Å². The number of anilines is 1. The number of aliphatic imine (C=N–C) groups is 1. The number of likely N-dealkylation sites (N-methyl/N-ethyl adjacent to an activating group) is 2. The molecule has 2 aromatic heterocycles. The highest BCUT2D eigenvalue weighted by Gasteiger charge is 2.26. The van der Waals surface area contributed by atoms with Gasteiger partial charge in [-0.3, -0.25) is 4.79 Å². The van der Waals surface area contributed by atoms with E-state index in [0.29, 0.717) is 23.5 Å². The van der Waals surface area contributed by atoms with Crippen molar-refractivity contribution in [3.8, 4) is 0 Å². The lowest BCUT2D eigenvalue weighted by atomic mass is 10.2. The number of carbonyl (C=O) groups excluding carboxylic acids is 1. The van der Waals surface area contributed by atoms with Gasteiger partial charge in [-0.05, 0) is 39.8 Å². The molecule has 1 fully saturated rings. The summed E-state index contributed by atoms with van der Waals surface area (Å²) in [6, 6.07) is 2.20. The molecule has 0 aromatic carbocycles. The van der Waals surface area contributed by atoms with Crippen LogP contribution in [0.5, 0.6) is 0 Å². The fourth-order valence-corrected chi connectivity index (χ4v) is 3.93. The van der Waals surface area contributed by atoms with Gasteiger partial charge in [0.2, 0.25) is 5.95 Å². The lowest BCUT2D eigenvalue weighted by molar-refractivity contribution is 0.0815. The van der Waals surface area contributed by atoms with Crippen molar-refractivity contribution in [1.29, 1.82) is 0 Å². The number of amidine groups is 1. The van der Waals surface area contributed by atoms with E-state index in [4.69, 9.17) is 4.98 Å². The summed E-state index contributed by atoms with van der Waals surface area (Å²) in [4.78, 5) is 30.3. The van der Waals surface area contributed by atoms with Crippen LogP contribution in [-0.4, -0.2) is 77.4 Å². The minimum atomic E-state index is -0.00911. The summed E-state index contributed by atoms with van der Waals surface area (Å²) >= 11 is 0. The zero-order valence-corrected chi connectivity index (χ0v) is 20.1. The third-order valence-electron chi connectivity index (χ3n) is 5.93. The number of aromatic nitrogens is 3. The van der Waals surface area contributed by atoms with E-state index in [2.05, 4.69) is 30.1 Å². The Hall–Kier alpha value is -2.94. The summed E-state index contributed by atoms with van der Waals surface area (Å²) in [6.45, 7) is 5.75. The van der Waals surface area contributed by atoms with Gasteiger partial charge in [-0.2, -0.15) is 4.98 Å². The standard InChI is InChI=1S/C23H36N8O/c1-16(30(6)12-11-24-3)14-25-17(2)27-23-26-15-18-13-20(22(32)29(4)5)31(21(18)28-23)19-9-7-8-10-19/h13-15,19,24H,7-12H2,1-6H3,(H,25,26,27,28)/b16-14+. The van der Waals surface area contributed by atoms with Crippen LogP contribution in [0.4, 0.5) is 5.95 Å². The summed E-state index contributed by atoms with van der Waals surface area (Å²) in [6.07, 6.45) is 8.10. The van der Waals surface area contributed by atoms with E-state index in [-0.39, 0.29) is 5.91 Å². The van der Waals surface area contributed by atoms with E-state index in [1.807, 2.05) is 40.2 Å². The van der Waals surface area contributed by atoms with Crippen LogP contribution in [0.3, 0.4) is 0 Å². The van der Waals surface area contributed by atoms with Crippen molar-refractivity contribution in [2.24, 2.45) is 4.99 Å². The molecule has 174 valence electrons. The summed E-state index contributed by atoms with van der Waals surface area (Å²) in [5.74, 6) is 1.17. The van der Waals surface area contributed by atoms with Crippen LogP contribution < -0.4 is 10.6 Å². The smallest absolute Gasteiger partial charge is 0.270 e. The van der Waals surface area contributed by atoms with Crippen LogP contribution >= 0.6 is 0 Å². The van der Waals surface area contributed by atoms with E-state index in [1.54, 1.807) is 25.2 Å². The van der Waals surface area contributed by atoms with Gasteiger partial charge in [-0.1, -0.05) is 12.8 Å². The van der Waals surface area contributed by atoms with Crippen LogP contribution in [0.1, 0.15) is 56.1 Å². The molecule has 2 heterocycles. The van der Waals surface area contributed by atoms with Gasteiger partial charge in [0.15, 0.2) is 0 Å². The number of rotatable bonds is 8. The average molecular weight is 441 g/mol. The van der Waals surface area contributed by atoms with Crippen molar-refractivity contribution in [1.82, 2.24) is 29.7 Å². The molecule has 1 aliphatic rings. The molecule has 2 aromatic rings. The first-order valence-corrected chi connectivity index (χ1v) is 11.3. The van der Waals surface area contributed by atoms with Crippen molar-refractivity contribution in [3.63, 3.8) is 0 Å². The number of fused-ring (bicyclic) bond motifs is 1. The average Bonchev–Trinajstić information content (AvgIpc) is 3.42. The molecule has 32 heavy (non-hydrogen) atoms. The van der Waals surface area contributed by atoms with Gasteiger partial charge < -0.3 is 25.0 Å². The molecule has 0 aliphatic heterocycles. The highest BCUT2D eigenvalue weighted by molar-refractivity contribution is 5.98. The van der Waals surface area contributed by atoms with Gasteiger partial charge in [0.25, 0.3) is 5.91 Å². The Morgan fingerprint density at radius 3 is 2.66 bits per heavy atom. The monoisotopic (exact) mass is 440 g/mol. The van der Waals surface area contributed by atoms with E-state index >= 15 is 0 Å². The highest BCUT2D eigenvalue weighted by atomic mass is 16.2. The molecule has 2 N–H and O–H groups in total. The number of amides is 1. The van der Waals surface area contributed by atoms with Crippen molar-refractivity contribution in [2.45, 2.75) is 45.6 Å². The second-order valence-electron chi connectivity index (χ2n) is 8.65. The maximum Gasteiger partial charge on any atom is 0.270 e. The first-order valence-electron chi connectivity index (χ1n) is 11.3. The molecular formula is C23H36N8O. The van der Waals surface area contributed by atoms with E-state index in [1.165, 1.54) is 12.8 Å². The zero-order valence-electron chi connectivity index (χ0n) is 20.1. The molecule has 0 spiro atoms. The van der Waals surface area contributed by atoms with Crippen molar-refractivity contribution in [2.75, 3.05) is 46.6 Å². The minimum absolute atomic E-state index is 0.00911. The molecule has 9 heteroatoms. The van der Waals surface area contributed by atoms with E-state index in [9.17, 15) is 4.79 Å². The largest absolute Gasteiger partial charge is 0.376 e. The molecule has 0 atom stereocenters. The quantitative estimate of drug-likeness (QED) is 0.484. The highest BCUT2D eigenvalue weighted by Crippen LogP contribution is 2.34. The van der Waals surface area contributed by atoms with Gasteiger partial charge in [0, 0.05) is 63.8 Å². The number of allylic oxidation sites excluding steroid dienone is 1. The van der Waals surface area contributed by atoms with Crippen LogP contribution in [0.25, 0.3) is 11.0 Å². The maximum atomic E-state index is 12.8. The molecule has 3 rings (SSSR count). The maximum absolute atomic E-state index is 12.8. The van der Waals surface area contributed by atoms with E-state index < -0.39 is 0 Å². The van der Waals surface area contributed by atoms with Crippen molar-refractivity contribution < 1.29 is 4.79 Å². The number of hydrogen-bond acceptors (Lipinski definition) is 6. The van der Waals surface area contributed by atoms with Crippen molar-refractivity contribution in [3.05, 3.63) is 29.9 Å².